The molecule has 8 heteroatoms. The van der Waals surface area contributed by atoms with E-state index in [0.717, 1.165) is 6.07 Å². The Labute approximate surface area is 119 Å². The van der Waals surface area contributed by atoms with E-state index >= 15 is 0 Å². The minimum absolute atomic E-state index is 0.118. The summed E-state index contributed by atoms with van der Waals surface area (Å²) in [5.41, 5.74) is -0.604. The molecule has 0 aromatic heterocycles. The van der Waals surface area contributed by atoms with Crippen molar-refractivity contribution in [3.8, 4) is 11.5 Å². The van der Waals surface area contributed by atoms with E-state index in [9.17, 15) is 17.6 Å². The number of primary sulfonamides is 1. The summed E-state index contributed by atoms with van der Waals surface area (Å²) < 4.78 is 40.9. The van der Waals surface area contributed by atoms with Crippen molar-refractivity contribution < 1.29 is 27.4 Å². The quantitative estimate of drug-likeness (QED) is 0.897. The summed E-state index contributed by atoms with van der Waals surface area (Å²) in [6.45, 7) is 0. The van der Waals surface area contributed by atoms with Crippen molar-refractivity contribution in [1.82, 2.24) is 0 Å². The number of rotatable bonds is 4. The molecule has 0 unspecified atom stereocenters. The highest BCUT2D eigenvalue weighted by Crippen LogP contribution is 2.27. The summed E-state index contributed by atoms with van der Waals surface area (Å²) in [4.78, 5) is 10.9. The number of carboxylic acids is 1. The zero-order valence-corrected chi connectivity index (χ0v) is 11.3. The maximum absolute atomic E-state index is 13.5. The highest BCUT2D eigenvalue weighted by atomic mass is 32.2. The number of hydrogen-bond acceptors (Lipinski definition) is 4. The van der Waals surface area contributed by atoms with E-state index in [-0.39, 0.29) is 16.4 Å². The first kappa shape index (κ1) is 14.9. The van der Waals surface area contributed by atoms with Crippen molar-refractivity contribution in [2.24, 2.45) is 5.14 Å². The van der Waals surface area contributed by atoms with Crippen LogP contribution in [0.15, 0.2) is 47.4 Å². The second-order valence-electron chi connectivity index (χ2n) is 4.04. The Bertz CT molecular complexity index is 787. The number of benzene rings is 2. The summed E-state index contributed by atoms with van der Waals surface area (Å²) in [7, 11) is -3.83. The molecular formula is C13H10FNO5S. The molecule has 0 saturated heterocycles. The van der Waals surface area contributed by atoms with Crippen LogP contribution in [0.3, 0.4) is 0 Å². The van der Waals surface area contributed by atoms with Crippen molar-refractivity contribution in [3.05, 3.63) is 53.8 Å². The number of aromatic carboxylic acids is 1. The van der Waals surface area contributed by atoms with Gasteiger partial charge in [-0.25, -0.2) is 22.7 Å². The molecule has 0 aliphatic carbocycles. The molecular weight excluding hydrogens is 301 g/mol. The first-order valence-corrected chi connectivity index (χ1v) is 7.16. The topological polar surface area (TPSA) is 107 Å². The summed E-state index contributed by atoms with van der Waals surface area (Å²) in [5, 5.41) is 13.9. The van der Waals surface area contributed by atoms with Crippen LogP contribution in [-0.2, 0) is 10.0 Å². The van der Waals surface area contributed by atoms with Gasteiger partial charge in [-0.2, -0.15) is 0 Å². The van der Waals surface area contributed by atoms with Gasteiger partial charge in [0.1, 0.15) is 22.9 Å². The maximum atomic E-state index is 13.5. The zero-order chi connectivity index (χ0) is 15.6. The van der Waals surface area contributed by atoms with Gasteiger partial charge in [0.25, 0.3) is 0 Å². The van der Waals surface area contributed by atoms with Gasteiger partial charge in [0.15, 0.2) is 0 Å². The summed E-state index contributed by atoms with van der Waals surface area (Å²) in [5.74, 6) is -2.44. The number of hydrogen-bond donors (Lipinski definition) is 2. The van der Waals surface area contributed by atoms with Gasteiger partial charge in [-0.3, -0.25) is 0 Å². The molecule has 0 aliphatic rings. The lowest BCUT2D eigenvalue weighted by atomic mass is 10.2. The normalized spacial score (nSPS) is 11.1. The predicted molar refractivity (Wildman–Crippen MR) is 71.2 cm³/mol. The molecule has 0 radical (unpaired) electrons. The van der Waals surface area contributed by atoms with Crippen molar-refractivity contribution in [2.45, 2.75) is 4.90 Å². The fourth-order valence-electron chi connectivity index (χ4n) is 1.62. The largest absolute Gasteiger partial charge is 0.477 e. The van der Waals surface area contributed by atoms with Crippen LogP contribution in [0.4, 0.5) is 4.39 Å². The third kappa shape index (κ3) is 3.36. The molecule has 6 nitrogen and oxygen atoms in total. The molecule has 0 heterocycles. The van der Waals surface area contributed by atoms with Crippen LogP contribution in [0.2, 0.25) is 0 Å². The minimum Gasteiger partial charge on any atom is -0.477 e. The summed E-state index contributed by atoms with van der Waals surface area (Å²) >= 11 is 0. The molecule has 0 saturated carbocycles. The predicted octanol–water partition coefficient (Wildman–Crippen LogP) is 1.96. The molecule has 2 aromatic carbocycles. The molecule has 0 spiro atoms. The molecule has 3 N–H and O–H groups in total. The number of carbonyl (C=O) groups is 1. The van der Waals surface area contributed by atoms with Crippen molar-refractivity contribution in [3.63, 3.8) is 0 Å². The van der Waals surface area contributed by atoms with Gasteiger partial charge in [0.05, 0.1) is 4.90 Å². The third-order valence-electron chi connectivity index (χ3n) is 2.57. The van der Waals surface area contributed by atoms with Gasteiger partial charge in [-0.1, -0.05) is 6.07 Å². The SMILES string of the molecule is NS(=O)(=O)c1ccc(Oc2cccc(F)c2C(=O)O)cc1. The Balaban J connectivity index is 2.35. The highest BCUT2D eigenvalue weighted by molar-refractivity contribution is 7.89. The number of nitrogens with two attached hydrogens (primary N) is 1. The van der Waals surface area contributed by atoms with Gasteiger partial charge in [-0.05, 0) is 36.4 Å². The Morgan fingerprint density at radius 1 is 1.14 bits per heavy atom. The third-order valence-corrected chi connectivity index (χ3v) is 3.50. The lowest BCUT2D eigenvalue weighted by Crippen LogP contribution is -2.11. The van der Waals surface area contributed by atoms with Gasteiger partial charge >= 0.3 is 5.97 Å². The molecule has 2 aromatic rings. The molecule has 0 amide bonds. The van der Waals surface area contributed by atoms with E-state index < -0.39 is 27.4 Å². The summed E-state index contributed by atoms with van der Waals surface area (Å²) in [6, 6.07) is 8.57. The number of halogens is 1. The van der Waals surface area contributed by atoms with E-state index in [1.54, 1.807) is 0 Å². The number of carboxylic acid groups (broad SMARTS) is 1. The number of ether oxygens (including phenoxy) is 1. The lowest BCUT2D eigenvalue weighted by Gasteiger charge is -2.09. The lowest BCUT2D eigenvalue weighted by molar-refractivity contribution is 0.0689. The van der Waals surface area contributed by atoms with Gasteiger partial charge in [0, 0.05) is 0 Å². The summed E-state index contributed by atoms with van der Waals surface area (Å²) in [6.07, 6.45) is 0. The van der Waals surface area contributed by atoms with Crippen LogP contribution in [0, 0.1) is 5.82 Å². The van der Waals surface area contributed by atoms with E-state index in [1.807, 2.05) is 0 Å². The molecule has 0 bridgehead atoms. The fourth-order valence-corrected chi connectivity index (χ4v) is 2.14. The van der Waals surface area contributed by atoms with Crippen LogP contribution >= 0.6 is 0 Å². The molecule has 21 heavy (non-hydrogen) atoms. The molecule has 2 rings (SSSR count). The molecule has 0 fully saturated rings. The average molecular weight is 311 g/mol. The molecule has 110 valence electrons. The van der Waals surface area contributed by atoms with Crippen LogP contribution in [0.5, 0.6) is 11.5 Å². The van der Waals surface area contributed by atoms with Gasteiger partial charge in [-0.15, -0.1) is 0 Å². The van der Waals surface area contributed by atoms with E-state index in [2.05, 4.69) is 0 Å². The molecule has 0 atom stereocenters. The van der Waals surface area contributed by atoms with Gasteiger partial charge < -0.3 is 9.84 Å². The second-order valence-corrected chi connectivity index (χ2v) is 5.60. The monoisotopic (exact) mass is 311 g/mol. The minimum atomic E-state index is -3.83. The Kier molecular flexibility index (Phi) is 3.92. The smallest absolute Gasteiger partial charge is 0.342 e. The Morgan fingerprint density at radius 3 is 2.29 bits per heavy atom. The Hall–Kier alpha value is -2.45. The fraction of sp³-hybridized carbons (Fsp3) is 0. The van der Waals surface area contributed by atoms with E-state index in [4.69, 9.17) is 15.0 Å². The van der Waals surface area contributed by atoms with Crippen molar-refractivity contribution in [1.29, 1.82) is 0 Å². The van der Waals surface area contributed by atoms with Crippen LogP contribution in [0.1, 0.15) is 10.4 Å². The van der Waals surface area contributed by atoms with Crippen molar-refractivity contribution >= 4 is 16.0 Å². The molecule has 0 aliphatic heterocycles. The highest BCUT2D eigenvalue weighted by Gasteiger charge is 2.17. The second kappa shape index (κ2) is 5.51. The zero-order valence-electron chi connectivity index (χ0n) is 10.5. The van der Waals surface area contributed by atoms with E-state index in [1.165, 1.54) is 36.4 Å². The Morgan fingerprint density at radius 2 is 1.76 bits per heavy atom. The maximum Gasteiger partial charge on any atom is 0.342 e. The van der Waals surface area contributed by atoms with Crippen molar-refractivity contribution in [2.75, 3.05) is 0 Å². The van der Waals surface area contributed by atoms with Crippen LogP contribution in [0.25, 0.3) is 0 Å². The van der Waals surface area contributed by atoms with Crippen LogP contribution in [-0.4, -0.2) is 19.5 Å². The first-order valence-electron chi connectivity index (χ1n) is 5.61. The standard InChI is InChI=1S/C13H10FNO5S/c14-10-2-1-3-11(12(10)13(16)17)20-8-4-6-9(7-5-8)21(15,18)19/h1-7H,(H,16,17)(H2,15,18,19). The number of sulfonamides is 1. The van der Waals surface area contributed by atoms with Gasteiger partial charge in [0.2, 0.25) is 10.0 Å². The van der Waals surface area contributed by atoms with E-state index in [0.29, 0.717) is 0 Å². The average Bonchev–Trinajstić information content (AvgIpc) is 2.38. The van der Waals surface area contributed by atoms with Crippen LogP contribution < -0.4 is 9.88 Å². The first-order chi connectivity index (χ1) is 9.79.